The number of hydrogen-bond donors (Lipinski definition) is 3. The van der Waals surface area contributed by atoms with Gasteiger partial charge in [-0.25, -0.2) is 0 Å². The van der Waals surface area contributed by atoms with Gasteiger partial charge in [0.25, 0.3) is 11.8 Å². The molecule has 0 saturated carbocycles. The van der Waals surface area contributed by atoms with Crippen molar-refractivity contribution in [1.82, 2.24) is 20.5 Å². The molecule has 6 rings (SSSR count). The average molecular weight is 528 g/mol. The Labute approximate surface area is 231 Å². The first-order valence-corrected chi connectivity index (χ1v) is 14.9. The number of para-hydroxylation sites is 1. The van der Waals surface area contributed by atoms with E-state index in [2.05, 4.69) is 56.6 Å². The Hall–Kier alpha value is -3.32. The molecule has 1 saturated heterocycles. The number of rotatable bonds is 4. The number of hydrogen-bond acceptors (Lipinski definition) is 4. The molecule has 1 aromatic heterocycles. The number of carbonyl (C=O) groups excluding carboxylic acids is 2. The van der Waals surface area contributed by atoms with Crippen LogP contribution in [0.3, 0.4) is 0 Å². The van der Waals surface area contributed by atoms with Gasteiger partial charge in [0.1, 0.15) is 11.9 Å². The van der Waals surface area contributed by atoms with E-state index in [1.165, 1.54) is 11.3 Å². The first kappa shape index (κ1) is 25.9. The van der Waals surface area contributed by atoms with Crippen LogP contribution in [0.1, 0.15) is 71.9 Å². The molecule has 1 fully saturated rings. The summed E-state index contributed by atoms with van der Waals surface area (Å²) in [5.41, 5.74) is 4.93. The highest BCUT2D eigenvalue weighted by molar-refractivity contribution is 6.02. The van der Waals surface area contributed by atoms with E-state index in [1.807, 2.05) is 24.3 Å². The van der Waals surface area contributed by atoms with Gasteiger partial charge in [-0.15, -0.1) is 0 Å². The minimum atomic E-state index is -0.0750. The molecule has 0 bridgehead atoms. The summed E-state index contributed by atoms with van der Waals surface area (Å²) in [6, 6.07) is 16.6. The van der Waals surface area contributed by atoms with Crippen molar-refractivity contribution in [2.45, 2.75) is 64.6 Å². The first-order valence-electron chi connectivity index (χ1n) is 14.9. The second-order valence-corrected chi connectivity index (χ2v) is 11.7. The third kappa shape index (κ3) is 5.42. The van der Waals surface area contributed by atoms with Crippen LogP contribution in [0.4, 0.5) is 5.69 Å². The van der Waals surface area contributed by atoms with E-state index < -0.39 is 0 Å². The first-order chi connectivity index (χ1) is 19.1. The fourth-order valence-corrected chi connectivity index (χ4v) is 6.68. The molecule has 7 heteroatoms. The third-order valence-corrected chi connectivity index (χ3v) is 8.98. The van der Waals surface area contributed by atoms with E-state index in [-0.39, 0.29) is 18.0 Å². The van der Waals surface area contributed by atoms with Crippen LogP contribution >= 0.6 is 0 Å². The Kier molecular flexibility index (Phi) is 7.60. The molecule has 206 valence electrons. The van der Waals surface area contributed by atoms with Crippen molar-refractivity contribution in [1.29, 1.82) is 0 Å². The molecule has 3 aliphatic heterocycles. The van der Waals surface area contributed by atoms with Gasteiger partial charge in [-0.3, -0.25) is 9.59 Å². The van der Waals surface area contributed by atoms with Crippen LogP contribution in [0.2, 0.25) is 0 Å². The Morgan fingerprint density at radius 1 is 1.00 bits per heavy atom. The molecule has 3 N–H and O–H groups in total. The lowest BCUT2D eigenvalue weighted by Crippen LogP contribution is -2.53. The quantitative estimate of drug-likeness (QED) is 0.460. The SMILES string of the molecule is CC1CCc2ccccc2N(CC2CCNCC2)C1NC(=O)c1ccc2cc3n(c2c1)CCCCCNC3=O. The van der Waals surface area contributed by atoms with Crippen LogP contribution in [0.15, 0.2) is 48.5 Å². The van der Waals surface area contributed by atoms with Gasteiger partial charge in [-0.2, -0.15) is 0 Å². The number of carbonyl (C=O) groups is 2. The Morgan fingerprint density at radius 2 is 1.85 bits per heavy atom. The second-order valence-electron chi connectivity index (χ2n) is 11.7. The van der Waals surface area contributed by atoms with Gasteiger partial charge in [0.05, 0.1) is 0 Å². The highest BCUT2D eigenvalue weighted by Gasteiger charge is 2.33. The summed E-state index contributed by atoms with van der Waals surface area (Å²) < 4.78 is 2.10. The largest absolute Gasteiger partial charge is 0.351 e. The fraction of sp³-hybridized carbons (Fsp3) is 0.500. The molecular formula is C32H41N5O2. The summed E-state index contributed by atoms with van der Waals surface area (Å²) in [7, 11) is 0. The summed E-state index contributed by atoms with van der Waals surface area (Å²) in [5, 5.41) is 11.0. The predicted molar refractivity (Wildman–Crippen MR) is 156 cm³/mol. The van der Waals surface area contributed by atoms with E-state index in [0.717, 1.165) is 82.0 Å². The molecule has 2 unspecified atom stereocenters. The standard InChI is InChI=1S/C32H41N5O2/c1-22-9-10-24-7-3-4-8-27(24)37(21-23-13-16-33-17-14-23)30(22)35-31(38)26-12-11-25-19-29-32(39)34-15-5-2-6-18-36(29)28(25)20-26/h3-4,7-8,11-12,19-20,22-23,30,33H,2,5-6,9-10,13-18,21H2,1H3,(H,34,39)(H,35,38). The summed E-state index contributed by atoms with van der Waals surface area (Å²) in [6.45, 7) is 6.85. The van der Waals surface area contributed by atoms with Crippen LogP contribution in [0, 0.1) is 11.8 Å². The molecular weight excluding hydrogens is 486 g/mol. The minimum absolute atomic E-state index is 0.0291. The maximum absolute atomic E-state index is 13.9. The van der Waals surface area contributed by atoms with Gasteiger partial charge < -0.3 is 25.4 Å². The Balaban J connectivity index is 1.30. The number of piperidine rings is 1. The fourth-order valence-electron chi connectivity index (χ4n) is 6.68. The lowest BCUT2D eigenvalue weighted by molar-refractivity contribution is 0.0918. The van der Waals surface area contributed by atoms with Crippen LogP contribution < -0.4 is 20.9 Å². The van der Waals surface area contributed by atoms with E-state index in [0.29, 0.717) is 29.6 Å². The molecule has 0 aliphatic carbocycles. The number of nitrogens with one attached hydrogen (secondary N) is 3. The average Bonchev–Trinajstić information content (AvgIpc) is 3.31. The predicted octanol–water partition coefficient (Wildman–Crippen LogP) is 4.70. The van der Waals surface area contributed by atoms with Crippen LogP contribution in [-0.4, -0.2) is 48.7 Å². The number of nitrogens with zero attached hydrogens (tertiary/aromatic N) is 2. The number of amides is 2. The molecule has 4 heterocycles. The minimum Gasteiger partial charge on any atom is -0.351 e. The van der Waals surface area contributed by atoms with Crippen LogP contribution in [0.25, 0.3) is 10.9 Å². The summed E-state index contributed by atoms with van der Waals surface area (Å²) in [5.74, 6) is 0.841. The zero-order valence-electron chi connectivity index (χ0n) is 23.0. The molecule has 39 heavy (non-hydrogen) atoms. The zero-order valence-corrected chi connectivity index (χ0v) is 23.0. The van der Waals surface area contributed by atoms with Gasteiger partial charge in [0, 0.05) is 41.8 Å². The van der Waals surface area contributed by atoms with Crippen molar-refractivity contribution in [2.75, 3.05) is 31.1 Å². The molecule has 2 atom stereocenters. The second kappa shape index (κ2) is 11.4. The lowest BCUT2D eigenvalue weighted by Gasteiger charge is -2.39. The molecule has 2 amide bonds. The third-order valence-electron chi connectivity index (χ3n) is 8.98. The zero-order chi connectivity index (χ0) is 26.8. The maximum Gasteiger partial charge on any atom is 0.267 e. The molecule has 3 aliphatic rings. The molecule has 3 aromatic rings. The van der Waals surface area contributed by atoms with Crippen molar-refractivity contribution < 1.29 is 9.59 Å². The number of anilines is 1. The summed E-state index contributed by atoms with van der Waals surface area (Å²) in [4.78, 5) is 29.2. The number of fused-ring (bicyclic) bond motifs is 4. The van der Waals surface area contributed by atoms with Crippen LogP contribution in [-0.2, 0) is 13.0 Å². The normalized spacial score (nSPS) is 22.6. The molecule has 2 aromatic carbocycles. The maximum atomic E-state index is 13.9. The van der Waals surface area contributed by atoms with Gasteiger partial charge in [0.15, 0.2) is 0 Å². The molecule has 7 nitrogen and oxygen atoms in total. The highest BCUT2D eigenvalue weighted by Crippen LogP contribution is 2.33. The van der Waals surface area contributed by atoms with Crippen molar-refractivity contribution in [3.05, 3.63) is 65.4 Å². The Morgan fingerprint density at radius 3 is 2.72 bits per heavy atom. The Bertz CT molecular complexity index is 1340. The smallest absolute Gasteiger partial charge is 0.267 e. The monoisotopic (exact) mass is 527 g/mol. The van der Waals surface area contributed by atoms with E-state index in [1.54, 1.807) is 0 Å². The lowest BCUT2D eigenvalue weighted by atomic mass is 9.95. The van der Waals surface area contributed by atoms with E-state index in [4.69, 9.17) is 0 Å². The van der Waals surface area contributed by atoms with Crippen LogP contribution in [0.5, 0.6) is 0 Å². The van der Waals surface area contributed by atoms with Crippen molar-refractivity contribution in [3.8, 4) is 0 Å². The molecule has 0 spiro atoms. The van der Waals surface area contributed by atoms with Gasteiger partial charge in [0.2, 0.25) is 0 Å². The number of aromatic nitrogens is 1. The summed E-state index contributed by atoms with van der Waals surface area (Å²) >= 11 is 0. The number of benzene rings is 2. The van der Waals surface area contributed by atoms with Gasteiger partial charge in [-0.1, -0.05) is 31.2 Å². The van der Waals surface area contributed by atoms with Gasteiger partial charge >= 0.3 is 0 Å². The number of aryl methyl sites for hydroxylation is 2. The highest BCUT2D eigenvalue weighted by atomic mass is 16.2. The van der Waals surface area contributed by atoms with E-state index >= 15 is 0 Å². The van der Waals surface area contributed by atoms with Gasteiger partial charge in [-0.05, 0) is 99.7 Å². The summed E-state index contributed by atoms with van der Waals surface area (Å²) in [6.07, 6.45) is 7.41. The molecule has 0 radical (unpaired) electrons. The van der Waals surface area contributed by atoms with Crippen molar-refractivity contribution in [2.24, 2.45) is 11.8 Å². The van der Waals surface area contributed by atoms with Crippen molar-refractivity contribution >= 4 is 28.4 Å². The topological polar surface area (TPSA) is 78.4 Å². The van der Waals surface area contributed by atoms with E-state index in [9.17, 15) is 9.59 Å². The van der Waals surface area contributed by atoms with Crippen molar-refractivity contribution in [3.63, 3.8) is 0 Å².